The molecule has 0 radical (unpaired) electrons. The van der Waals surface area contributed by atoms with Gasteiger partial charge in [-0.25, -0.2) is 9.69 Å². The van der Waals surface area contributed by atoms with Crippen LogP contribution in [0.4, 0.5) is 16.2 Å². The topological polar surface area (TPSA) is 185 Å². The molecule has 0 saturated carbocycles. The van der Waals surface area contributed by atoms with Gasteiger partial charge in [0.1, 0.15) is 5.54 Å². The summed E-state index contributed by atoms with van der Waals surface area (Å²) in [7, 11) is 0. The van der Waals surface area contributed by atoms with Crippen molar-refractivity contribution in [2.24, 2.45) is 17.6 Å². The van der Waals surface area contributed by atoms with Crippen molar-refractivity contribution in [3.63, 3.8) is 0 Å². The number of carbonyl (C=O) groups is 4. The van der Waals surface area contributed by atoms with Crippen LogP contribution in [0.2, 0.25) is 0 Å². The SMILES string of the molecule is NC(=O)NCCCC1(C(=O)O)NC(c2ccc(Br)cc2)C2C(=O)N(c3cccc([N+](=O)[O-])c3)C(=O)C21. The van der Waals surface area contributed by atoms with Crippen LogP contribution < -0.4 is 21.3 Å². The van der Waals surface area contributed by atoms with Crippen LogP contribution in [0.3, 0.4) is 0 Å². The van der Waals surface area contributed by atoms with E-state index < -0.39 is 52.2 Å². The summed E-state index contributed by atoms with van der Waals surface area (Å²) in [4.78, 5) is 62.6. The lowest BCUT2D eigenvalue weighted by Gasteiger charge is -2.31. The number of hydrogen-bond donors (Lipinski definition) is 4. The number of nitrogens with zero attached hydrogens (tertiary/aromatic N) is 2. The number of halogens is 1. The van der Waals surface area contributed by atoms with Gasteiger partial charge in [-0.15, -0.1) is 0 Å². The highest BCUT2D eigenvalue weighted by atomic mass is 79.9. The first-order valence-electron chi connectivity index (χ1n) is 11.0. The Balaban J connectivity index is 1.79. The highest BCUT2D eigenvalue weighted by Crippen LogP contribution is 2.51. The molecule has 2 fully saturated rings. The van der Waals surface area contributed by atoms with E-state index in [1.807, 2.05) is 0 Å². The number of nitro benzene ring substituents is 1. The molecular formula is C23H22BrN5O7. The number of nitrogens with two attached hydrogens (primary N) is 1. The summed E-state index contributed by atoms with van der Waals surface area (Å²) in [6, 6.07) is 10.4. The molecule has 36 heavy (non-hydrogen) atoms. The fraction of sp³-hybridized carbons (Fsp3) is 0.304. The summed E-state index contributed by atoms with van der Waals surface area (Å²) >= 11 is 3.35. The molecule has 5 N–H and O–H groups in total. The van der Waals surface area contributed by atoms with Gasteiger partial charge in [-0.1, -0.05) is 34.1 Å². The van der Waals surface area contributed by atoms with Crippen LogP contribution in [0.1, 0.15) is 24.4 Å². The third-order valence-corrected chi connectivity index (χ3v) is 7.14. The Morgan fingerprint density at radius 3 is 2.50 bits per heavy atom. The van der Waals surface area contributed by atoms with Crippen LogP contribution in [-0.4, -0.2) is 45.9 Å². The number of carboxylic acid groups (broad SMARTS) is 1. The molecule has 0 bridgehead atoms. The number of rotatable bonds is 8. The third-order valence-electron chi connectivity index (χ3n) is 6.61. The van der Waals surface area contributed by atoms with E-state index in [9.17, 15) is 34.4 Å². The van der Waals surface area contributed by atoms with Gasteiger partial charge in [0.2, 0.25) is 11.8 Å². The molecular weight excluding hydrogens is 538 g/mol. The third kappa shape index (κ3) is 4.31. The lowest BCUT2D eigenvalue weighted by molar-refractivity contribution is -0.384. The van der Waals surface area contributed by atoms with Crippen molar-refractivity contribution >= 4 is 51.1 Å². The number of non-ortho nitro benzene ring substituents is 1. The summed E-state index contributed by atoms with van der Waals surface area (Å²) in [5.41, 5.74) is 3.56. The number of urea groups is 1. The molecule has 2 heterocycles. The smallest absolute Gasteiger partial charge is 0.324 e. The van der Waals surface area contributed by atoms with Crippen LogP contribution >= 0.6 is 15.9 Å². The van der Waals surface area contributed by atoms with Gasteiger partial charge in [-0.3, -0.25) is 29.8 Å². The van der Waals surface area contributed by atoms with Crippen molar-refractivity contribution in [1.29, 1.82) is 0 Å². The van der Waals surface area contributed by atoms with E-state index >= 15 is 0 Å². The molecule has 0 aromatic heterocycles. The summed E-state index contributed by atoms with van der Waals surface area (Å²) in [6.45, 7) is 0.0725. The van der Waals surface area contributed by atoms with Crippen molar-refractivity contribution in [2.45, 2.75) is 24.4 Å². The minimum absolute atomic E-state index is 0.00200. The molecule has 4 amide bonds. The Morgan fingerprint density at radius 2 is 1.89 bits per heavy atom. The highest BCUT2D eigenvalue weighted by Gasteiger charge is 2.68. The molecule has 12 nitrogen and oxygen atoms in total. The maximum absolute atomic E-state index is 13.7. The fourth-order valence-electron chi connectivity index (χ4n) is 5.07. The maximum atomic E-state index is 13.7. The van der Waals surface area contributed by atoms with Crippen molar-refractivity contribution in [2.75, 3.05) is 11.4 Å². The van der Waals surface area contributed by atoms with Crippen molar-refractivity contribution < 1.29 is 29.2 Å². The number of nitrogens with one attached hydrogen (secondary N) is 2. The van der Waals surface area contributed by atoms with E-state index in [1.54, 1.807) is 24.3 Å². The van der Waals surface area contributed by atoms with Crippen LogP contribution in [0.5, 0.6) is 0 Å². The zero-order valence-electron chi connectivity index (χ0n) is 18.7. The Labute approximate surface area is 213 Å². The minimum Gasteiger partial charge on any atom is -0.480 e. The van der Waals surface area contributed by atoms with Gasteiger partial charge < -0.3 is 16.2 Å². The predicted molar refractivity (Wildman–Crippen MR) is 130 cm³/mol. The number of nitro groups is 1. The maximum Gasteiger partial charge on any atom is 0.324 e. The molecule has 4 atom stereocenters. The number of primary amides is 1. The molecule has 2 aliphatic heterocycles. The van der Waals surface area contributed by atoms with E-state index in [-0.39, 0.29) is 30.8 Å². The minimum atomic E-state index is -1.83. The Morgan fingerprint density at radius 1 is 1.19 bits per heavy atom. The molecule has 2 aromatic rings. The number of amides is 4. The summed E-state index contributed by atoms with van der Waals surface area (Å²) in [5, 5.41) is 27.1. The van der Waals surface area contributed by atoms with E-state index in [0.29, 0.717) is 5.56 Å². The number of benzene rings is 2. The van der Waals surface area contributed by atoms with Crippen LogP contribution in [0, 0.1) is 22.0 Å². The van der Waals surface area contributed by atoms with Crippen molar-refractivity contribution in [1.82, 2.24) is 10.6 Å². The lowest BCUT2D eigenvalue weighted by Crippen LogP contribution is -2.56. The highest BCUT2D eigenvalue weighted by molar-refractivity contribution is 9.10. The number of anilines is 1. The van der Waals surface area contributed by atoms with Gasteiger partial charge in [0.15, 0.2) is 0 Å². The average molecular weight is 560 g/mol. The number of imide groups is 1. The lowest BCUT2D eigenvalue weighted by atomic mass is 9.77. The largest absolute Gasteiger partial charge is 0.480 e. The second-order valence-corrected chi connectivity index (χ2v) is 9.55. The molecule has 4 unspecified atom stereocenters. The van der Waals surface area contributed by atoms with Gasteiger partial charge in [0.25, 0.3) is 5.69 Å². The number of hydrogen-bond acceptors (Lipinski definition) is 7. The zero-order valence-corrected chi connectivity index (χ0v) is 20.3. The number of carboxylic acids is 1. The van der Waals surface area contributed by atoms with Gasteiger partial charge in [0.05, 0.1) is 22.4 Å². The number of aliphatic carboxylic acids is 1. The van der Waals surface area contributed by atoms with Crippen molar-refractivity contribution in [3.05, 3.63) is 68.7 Å². The average Bonchev–Trinajstić information content (AvgIpc) is 3.31. The summed E-state index contributed by atoms with van der Waals surface area (Å²) in [5.74, 6) is -5.09. The molecule has 2 aromatic carbocycles. The first kappa shape index (κ1) is 25.3. The normalized spacial score (nSPS) is 25.0. The van der Waals surface area contributed by atoms with E-state index in [0.717, 1.165) is 15.4 Å². The quantitative estimate of drug-likeness (QED) is 0.164. The molecule has 0 spiro atoms. The Bertz CT molecular complexity index is 1250. The molecule has 188 valence electrons. The summed E-state index contributed by atoms with van der Waals surface area (Å²) < 4.78 is 0.773. The van der Waals surface area contributed by atoms with Crippen LogP contribution in [0.15, 0.2) is 53.0 Å². The first-order valence-corrected chi connectivity index (χ1v) is 11.8. The van der Waals surface area contributed by atoms with Gasteiger partial charge >= 0.3 is 12.0 Å². The second-order valence-electron chi connectivity index (χ2n) is 8.64. The van der Waals surface area contributed by atoms with Gasteiger partial charge in [0, 0.05) is 29.2 Å². The van der Waals surface area contributed by atoms with Gasteiger partial charge in [-0.05, 0) is 36.6 Å². The molecule has 13 heteroatoms. The summed E-state index contributed by atoms with van der Waals surface area (Å²) in [6.07, 6.45) is 0.0788. The van der Waals surface area contributed by atoms with E-state index in [2.05, 4.69) is 26.6 Å². The van der Waals surface area contributed by atoms with Crippen LogP contribution in [0.25, 0.3) is 0 Å². The monoisotopic (exact) mass is 559 g/mol. The fourth-order valence-corrected chi connectivity index (χ4v) is 5.34. The van der Waals surface area contributed by atoms with Crippen molar-refractivity contribution in [3.8, 4) is 0 Å². The van der Waals surface area contributed by atoms with E-state index in [4.69, 9.17) is 5.73 Å². The first-order chi connectivity index (χ1) is 17.1. The second kappa shape index (κ2) is 9.66. The zero-order chi connectivity index (χ0) is 26.2. The molecule has 0 aliphatic carbocycles. The molecule has 2 saturated heterocycles. The Kier molecular flexibility index (Phi) is 6.78. The molecule has 4 rings (SSSR count). The standard InChI is InChI=1S/C23H22BrN5O7/c24-13-7-5-12(6-8-13)18-16-17(23(27-18,21(32)33)9-2-10-26-22(25)34)20(31)28(19(16)30)14-3-1-4-15(11-14)29(35)36/h1,3-8,11,16-18,27H,2,9-10H2,(H,32,33)(H3,25,26,34). The Hall–Kier alpha value is -3.84. The van der Waals surface area contributed by atoms with Crippen LogP contribution in [-0.2, 0) is 14.4 Å². The predicted octanol–water partition coefficient (Wildman–Crippen LogP) is 2.08. The van der Waals surface area contributed by atoms with Gasteiger partial charge in [-0.2, -0.15) is 0 Å². The number of fused-ring (bicyclic) bond motifs is 1. The molecule has 2 aliphatic rings. The van der Waals surface area contributed by atoms with E-state index in [1.165, 1.54) is 18.2 Å². The number of carbonyl (C=O) groups excluding carboxylic acids is 3.